The van der Waals surface area contributed by atoms with Crippen LogP contribution in [-0.2, 0) is 13.0 Å². The van der Waals surface area contributed by atoms with E-state index in [-0.39, 0.29) is 35.9 Å². The van der Waals surface area contributed by atoms with Crippen LogP contribution in [0.25, 0.3) is 0 Å². The largest absolute Gasteiger partial charge is 0.393 e. The number of rotatable bonds is 5. The summed E-state index contributed by atoms with van der Waals surface area (Å²) >= 11 is 0. The van der Waals surface area contributed by atoms with Crippen molar-refractivity contribution in [2.24, 2.45) is 10.7 Å². The lowest BCUT2D eigenvalue weighted by Crippen LogP contribution is -2.36. The van der Waals surface area contributed by atoms with Crippen molar-refractivity contribution in [1.29, 1.82) is 0 Å². The summed E-state index contributed by atoms with van der Waals surface area (Å²) in [5.74, 6) is 0.0408. The number of hydrogen-bond donors (Lipinski definition) is 3. The second kappa shape index (κ2) is 10.6. The first-order valence-corrected chi connectivity index (χ1v) is 9.42. The first-order chi connectivity index (χ1) is 13.0. The molecule has 0 unspecified atom stereocenters. The molecule has 0 aliphatic carbocycles. The maximum Gasteiger partial charge on any atom is 0.193 e. The Morgan fingerprint density at radius 1 is 1.21 bits per heavy atom. The lowest BCUT2D eigenvalue weighted by Gasteiger charge is -2.31. The van der Waals surface area contributed by atoms with Crippen LogP contribution in [0.3, 0.4) is 0 Å². The zero-order valence-corrected chi connectivity index (χ0v) is 18.4. The van der Waals surface area contributed by atoms with Crippen LogP contribution < -0.4 is 16.0 Å². The highest BCUT2D eigenvalue weighted by Gasteiger charge is 2.19. The van der Waals surface area contributed by atoms with Crippen molar-refractivity contribution in [3.05, 3.63) is 59.4 Å². The first-order valence-electron chi connectivity index (χ1n) is 9.42. The molecule has 0 saturated carbocycles. The lowest BCUT2D eigenvalue weighted by molar-refractivity contribution is 0.145. The molecule has 5 nitrogen and oxygen atoms in total. The van der Waals surface area contributed by atoms with Gasteiger partial charge in [-0.25, -0.2) is 9.38 Å². The molecule has 0 atom stereocenters. The average Bonchev–Trinajstić information content (AvgIpc) is 2.67. The average molecular weight is 498 g/mol. The predicted octanol–water partition coefficient (Wildman–Crippen LogP) is 3.89. The van der Waals surface area contributed by atoms with E-state index in [0.717, 1.165) is 17.7 Å². The number of anilines is 2. The number of nitrogens with one attached hydrogen (secondary N) is 1. The third-order valence-electron chi connectivity index (χ3n) is 4.86. The number of aliphatic hydroxyl groups is 1. The minimum absolute atomic E-state index is 0. The number of halogens is 2. The van der Waals surface area contributed by atoms with Gasteiger partial charge in [0.2, 0.25) is 0 Å². The van der Waals surface area contributed by atoms with E-state index in [1.54, 1.807) is 6.07 Å². The second-order valence-electron chi connectivity index (χ2n) is 6.88. The topological polar surface area (TPSA) is 73.9 Å². The SMILES string of the molecule is CCc1cccc(NC(N)=NCc2ccc(N3CCC(O)CC3)c(F)c2)c1.I. The fourth-order valence-corrected chi connectivity index (χ4v) is 3.24. The number of nitrogens with two attached hydrogens (primary N) is 1. The van der Waals surface area contributed by atoms with Crippen molar-refractivity contribution in [2.45, 2.75) is 38.8 Å². The summed E-state index contributed by atoms with van der Waals surface area (Å²) in [5, 5.41) is 12.7. The molecule has 28 heavy (non-hydrogen) atoms. The van der Waals surface area contributed by atoms with Gasteiger partial charge in [-0.15, -0.1) is 24.0 Å². The van der Waals surface area contributed by atoms with Crippen LogP contribution in [0, 0.1) is 5.82 Å². The van der Waals surface area contributed by atoms with Crippen molar-refractivity contribution in [2.75, 3.05) is 23.3 Å². The van der Waals surface area contributed by atoms with Crippen LogP contribution in [0.15, 0.2) is 47.5 Å². The maximum absolute atomic E-state index is 14.5. The van der Waals surface area contributed by atoms with Crippen LogP contribution in [0.5, 0.6) is 0 Å². The zero-order valence-electron chi connectivity index (χ0n) is 16.1. The van der Waals surface area contributed by atoms with Gasteiger partial charge in [-0.2, -0.15) is 0 Å². The predicted molar refractivity (Wildman–Crippen MR) is 124 cm³/mol. The van der Waals surface area contributed by atoms with E-state index < -0.39 is 0 Å². The number of guanidine groups is 1. The molecular formula is C21H28FIN4O. The molecule has 4 N–H and O–H groups in total. The number of benzene rings is 2. The molecular weight excluding hydrogens is 470 g/mol. The van der Waals surface area contributed by atoms with Gasteiger partial charge in [0.25, 0.3) is 0 Å². The summed E-state index contributed by atoms with van der Waals surface area (Å²) < 4.78 is 14.5. The Kier molecular flexibility index (Phi) is 8.50. The lowest BCUT2D eigenvalue weighted by atomic mass is 10.1. The molecule has 1 aliphatic heterocycles. The van der Waals surface area contributed by atoms with Gasteiger partial charge in [0, 0.05) is 18.8 Å². The summed E-state index contributed by atoms with van der Waals surface area (Å²) in [5.41, 5.74) is 9.41. The van der Waals surface area contributed by atoms with Crippen LogP contribution in [0.2, 0.25) is 0 Å². The van der Waals surface area contributed by atoms with Gasteiger partial charge in [-0.05, 0) is 54.7 Å². The Morgan fingerprint density at radius 2 is 1.96 bits per heavy atom. The third kappa shape index (κ3) is 6.07. The summed E-state index contributed by atoms with van der Waals surface area (Å²) in [7, 11) is 0. The van der Waals surface area contributed by atoms with E-state index in [2.05, 4.69) is 23.3 Å². The molecule has 0 bridgehead atoms. The van der Waals surface area contributed by atoms with Crippen LogP contribution in [0.4, 0.5) is 15.8 Å². The highest BCUT2D eigenvalue weighted by Crippen LogP contribution is 2.24. The summed E-state index contributed by atoms with van der Waals surface area (Å²) in [6.45, 7) is 3.75. The molecule has 2 aromatic carbocycles. The first kappa shape index (κ1) is 22.4. The molecule has 1 saturated heterocycles. The minimum atomic E-state index is -0.272. The Balaban J connectivity index is 0.00000280. The molecule has 0 amide bonds. The highest BCUT2D eigenvalue weighted by atomic mass is 127. The molecule has 1 fully saturated rings. The number of aryl methyl sites for hydroxylation is 1. The van der Waals surface area contributed by atoms with Gasteiger partial charge in [-0.1, -0.05) is 25.1 Å². The smallest absolute Gasteiger partial charge is 0.193 e. The Morgan fingerprint density at radius 3 is 2.64 bits per heavy atom. The van der Waals surface area contributed by atoms with E-state index in [9.17, 15) is 9.50 Å². The van der Waals surface area contributed by atoms with Crippen LogP contribution in [-0.4, -0.2) is 30.3 Å². The maximum atomic E-state index is 14.5. The van der Waals surface area contributed by atoms with Crippen molar-refractivity contribution < 1.29 is 9.50 Å². The molecule has 2 aromatic rings. The summed E-state index contributed by atoms with van der Waals surface area (Å²) in [6, 6.07) is 13.2. The highest BCUT2D eigenvalue weighted by molar-refractivity contribution is 14.0. The Hall–Kier alpha value is -1.87. The van der Waals surface area contributed by atoms with Gasteiger partial charge in [-0.3, -0.25) is 0 Å². The number of hydrogen-bond acceptors (Lipinski definition) is 3. The van der Waals surface area contributed by atoms with Crippen molar-refractivity contribution in [1.82, 2.24) is 0 Å². The summed E-state index contributed by atoms with van der Waals surface area (Å²) in [4.78, 5) is 6.29. The standard InChI is InChI=1S/C21H27FN4O.HI/c1-2-15-4-3-5-17(12-15)25-21(23)24-14-16-6-7-20(19(22)13-16)26-10-8-18(27)9-11-26;/h3-7,12-13,18,27H,2,8-11,14H2,1H3,(H3,23,24,25);1H. The van der Waals surface area contributed by atoms with E-state index in [1.807, 2.05) is 29.2 Å². The molecule has 1 heterocycles. The van der Waals surface area contributed by atoms with Crippen LogP contribution in [0.1, 0.15) is 30.9 Å². The fraction of sp³-hybridized carbons (Fsp3) is 0.381. The van der Waals surface area contributed by atoms with Gasteiger partial charge >= 0.3 is 0 Å². The molecule has 1 aliphatic rings. The van der Waals surface area contributed by atoms with Crippen LogP contribution >= 0.6 is 24.0 Å². The number of aliphatic hydroxyl groups excluding tert-OH is 1. The normalized spacial score (nSPS) is 15.2. The van der Waals surface area contributed by atoms with E-state index in [0.29, 0.717) is 44.1 Å². The van der Waals surface area contributed by atoms with E-state index in [1.165, 1.54) is 11.6 Å². The zero-order chi connectivity index (χ0) is 19.2. The second-order valence-corrected chi connectivity index (χ2v) is 6.88. The third-order valence-corrected chi connectivity index (χ3v) is 4.86. The number of piperidine rings is 1. The van der Waals surface area contributed by atoms with Gasteiger partial charge in [0.05, 0.1) is 18.3 Å². The van der Waals surface area contributed by atoms with E-state index in [4.69, 9.17) is 5.73 Å². The van der Waals surface area contributed by atoms with E-state index >= 15 is 0 Å². The quantitative estimate of drug-likeness (QED) is 0.332. The fourth-order valence-electron chi connectivity index (χ4n) is 3.24. The van der Waals surface area contributed by atoms with Gasteiger partial charge < -0.3 is 21.1 Å². The number of nitrogens with zero attached hydrogens (tertiary/aromatic N) is 2. The summed E-state index contributed by atoms with van der Waals surface area (Å²) in [6.07, 6.45) is 2.03. The molecule has 0 spiro atoms. The molecule has 3 rings (SSSR count). The van der Waals surface area contributed by atoms with Crippen molar-refractivity contribution in [3.63, 3.8) is 0 Å². The molecule has 7 heteroatoms. The van der Waals surface area contributed by atoms with Gasteiger partial charge in [0.1, 0.15) is 5.82 Å². The Bertz CT molecular complexity index is 807. The van der Waals surface area contributed by atoms with Crippen molar-refractivity contribution in [3.8, 4) is 0 Å². The van der Waals surface area contributed by atoms with Crippen molar-refractivity contribution >= 4 is 41.3 Å². The van der Waals surface area contributed by atoms with Gasteiger partial charge in [0.15, 0.2) is 5.96 Å². The Labute approximate surface area is 182 Å². The minimum Gasteiger partial charge on any atom is -0.393 e. The molecule has 0 radical (unpaired) electrons. The molecule has 152 valence electrons. The number of aliphatic imine (C=N–C) groups is 1. The molecule has 0 aromatic heterocycles. The monoisotopic (exact) mass is 498 g/mol.